The Bertz CT molecular complexity index is 1220. The monoisotopic (exact) mass is 417 g/mol. The van der Waals surface area contributed by atoms with Crippen molar-refractivity contribution in [2.24, 2.45) is 0 Å². The van der Waals surface area contributed by atoms with Crippen LogP contribution in [-0.4, -0.2) is 41.2 Å². The summed E-state index contributed by atoms with van der Waals surface area (Å²) >= 11 is 0. The van der Waals surface area contributed by atoms with Gasteiger partial charge < -0.3 is 24.0 Å². The molecule has 0 bridgehead atoms. The van der Waals surface area contributed by atoms with Crippen molar-refractivity contribution in [2.75, 3.05) is 23.9 Å². The largest absolute Gasteiger partial charge is 0.435 e. The molecule has 5 rings (SSSR count). The maximum absolute atomic E-state index is 6.46. The van der Waals surface area contributed by atoms with E-state index in [0.29, 0.717) is 11.6 Å². The van der Waals surface area contributed by atoms with Gasteiger partial charge in [-0.05, 0) is 44.9 Å². The first-order valence-corrected chi connectivity index (χ1v) is 11.0. The molecular weight excluding hydrogens is 386 g/mol. The second-order valence-electron chi connectivity index (χ2n) is 9.10. The van der Waals surface area contributed by atoms with E-state index >= 15 is 0 Å². The topological polar surface area (TPSA) is 39.0 Å². The van der Waals surface area contributed by atoms with Crippen molar-refractivity contribution in [3.05, 3.63) is 54.3 Å². The summed E-state index contributed by atoms with van der Waals surface area (Å²) in [5, 5.41) is 2.17. The highest BCUT2D eigenvalue weighted by molar-refractivity contribution is 6.11. The van der Waals surface area contributed by atoms with Crippen molar-refractivity contribution in [3.8, 4) is 0 Å². The molecule has 162 valence electrons. The third-order valence-corrected chi connectivity index (χ3v) is 6.89. The fraction of sp³-hybridized carbons (Fsp3) is 0.400. The van der Waals surface area contributed by atoms with Gasteiger partial charge in [0.15, 0.2) is 5.58 Å². The average molecular weight is 418 g/mol. The Labute approximate surface area is 184 Å². The molecule has 0 amide bonds. The lowest BCUT2D eigenvalue weighted by atomic mass is 10.0. The average Bonchev–Trinajstić information content (AvgIpc) is 3.38. The zero-order valence-electron chi connectivity index (χ0n) is 19.4. The van der Waals surface area contributed by atoms with Gasteiger partial charge in [0.1, 0.15) is 12.3 Å². The van der Waals surface area contributed by atoms with E-state index in [4.69, 9.17) is 9.40 Å². The number of aromatic nitrogens is 1. The minimum Gasteiger partial charge on any atom is -0.435 e. The van der Waals surface area contributed by atoms with Crippen LogP contribution in [0, 0.1) is 6.92 Å². The molecule has 6 heteroatoms. The van der Waals surface area contributed by atoms with Gasteiger partial charge in [-0.1, -0.05) is 13.8 Å². The molecule has 3 aromatic rings. The van der Waals surface area contributed by atoms with Crippen molar-refractivity contribution in [2.45, 2.75) is 52.9 Å². The molecule has 6 nitrogen and oxygen atoms in total. The Hall–Kier alpha value is -3.15. The van der Waals surface area contributed by atoms with Crippen molar-refractivity contribution >= 4 is 33.4 Å². The summed E-state index contributed by atoms with van der Waals surface area (Å²) < 4.78 is 6.46. The van der Waals surface area contributed by atoms with Gasteiger partial charge >= 0.3 is 0 Å². The van der Waals surface area contributed by atoms with E-state index in [0.717, 1.165) is 27.7 Å². The second-order valence-corrected chi connectivity index (χ2v) is 9.10. The van der Waals surface area contributed by atoms with Crippen molar-refractivity contribution in [1.29, 1.82) is 0 Å². The quantitative estimate of drug-likeness (QED) is 0.556. The van der Waals surface area contributed by atoms with Crippen LogP contribution in [0.25, 0.3) is 22.1 Å². The Kier molecular flexibility index (Phi) is 4.43. The van der Waals surface area contributed by atoms with Crippen LogP contribution in [0.2, 0.25) is 0 Å². The molecule has 2 aliphatic heterocycles. The molecular formula is C25H31N5O. The summed E-state index contributed by atoms with van der Waals surface area (Å²) in [5.41, 5.74) is 6.18. The van der Waals surface area contributed by atoms with Gasteiger partial charge in [-0.3, -0.25) is 0 Å². The molecule has 0 N–H and O–H groups in total. The van der Waals surface area contributed by atoms with E-state index in [1.54, 1.807) is 0 Å². The van der Waals surface area contributed by atoms with Crippen LogP contribution >= 0.6 is 0 Å². The number of hydrogen-bond acceptors (Lipinski definition) is 6. The van der Waals surface area contributed by atoms with E-state index in [2.05, 4.69) is 111 Å². The van der Waals surface area contributed by atoms with Gasteiger partial charge in [0, 0.05) is 66.6 Å². The lowest BCUT2D eigenvalue weighted by molar-refractivity contribution is 0.381. The van der Waals surface area contributed by atoms with E-state index < -0.39 is 0 Å². The molecule has 31 heavy (non-hydrogen) atoms. The molecule has 0 saturated carbocycles. The SMILES string of the molecule is Cc1c(N2C=CN(C)[C@H]2C)cc2c(oc3nc(C(C)C)ccc32)c1N1C=CN(C)[C@@H]1C. The van der Waals surface area contributed by atoms with E-state index in [1.807, 2.05) is 0 Å². The number of pyridine rings is 1. The summed E-state index contributed by atoms with van der Waals surface area (Å²) in [6.45, 7) is 11.0. The van der Waals surface area contributed by atoms with Crippen molar-refractivity contribution in [3.63, 3.8) is 0 Å². The number of fused-ring (bicyclic) bond motifs is 3. The van der Waals surface area contributed by atoms with Gasteiger partial charge in [0.05, 0.1) is 5.69 Å². The number of benzene rings is 1. The first-order valence-electron chi connectivity index (χ1n) is 11.0. The Morgan fingerprint density at radius 2 is 1.55 bits per heavy atom. The van der Waals surface area contributed by atoms with E-state index in [-0.39, 0.29) is 12.3 Å². The summed E-state index contributed by atoms with van der Waals surface area (Å²) in [4.78, 5) is 13.9. The van der Waals surface area contributed by atoms with Crippen LogP contribution in [0.1, 0.15) is 44.9 Å². The molecule has 0 aliphatic carbocycles. The number of furan rings is 1. The lowest BCUT2D eigenvalue weighted by Crippen LogP contribution is -2.35. The minimum atomic E-state index is 0.207. The van der Waals surface area contributed by atoms with E-state index in [9.17, 15) is 0 Å². The molecule has 1 aromatic carbocycles. The van der Waals surface area contributed by atoms with Crippen molar-refractivity contribution in [1.82, 2.24) is 14.8 Å². The molecule has 4 heterocycles. The maximum Gasteiger partial charge on any atom is 0.227 e. The highest BCUT2D eigenvalue weighted by Gasteiger charge is 2.30. The Balaban J connectivity index is 1.81. The smallest absolute Gasteiger partial charge is 0.227 e. The van der Waals surface area contributed by atoms with Crippen LogP contribution in [0.5, 0.6) is 0 Å². The molecule has 2 aromatic heterocycles. The van der Waals surface area contributed by atoms with E-state index in [1.165, 1.54) is 11.3 Å². The minimum absolute atomic E-state index is 0.207. The van der Waals surface area contributed by atoms with Gasteiger partial charge in [-0.2, -0.15) is 0 Å². The summed E-state index contributed by atoms with van der Waals surface area (Å²) in [6.07, 6.45) is 9.01. The predicted octanol–water partition coefficient (Wildman–Crippen LogP) is 5.55. The van der Waals surface area contributed by atoms with Crippen molar-refractivity contribution < 1.29 is 4.42 Å². The molecule has 0 unspecified atom stereocenters. The standard InChI is InChI=1S/C25H31N5O/c1-15(2)21-9-8-19-20-14-22(29-12-10-27(6)17(29)4)16(3)23(24(20)31-25(19)26-21)30-13-11-28(7)18(30)5/h8-15,17-18H,1-7H3/t17-,18+/m1/s1. The highest BCUT2D eigenvalue weighted by Crippen LogP contribution is 2.44. The maximum atomic E-state index is 6.46. The van der Waals surface area contributed by atoms with Crippen LogP contribution < -0.4 is 9.80 Å². The number of anilines is 2. The van der Waals surface area contributed by atoms with Crippen LogP contribution in [0.3, 0.4) is 0 Å². The predicted molar refractivity (Wildman–Crippen MR) is 128 cm³/mol. The van der Waals surface area contributed by atoms with Crippen LogP contribution in [-0.2, 0) is 0 Å². The highest BCUT2D eigenvalue weighted by atomic mass is 16.3. The summed E-state index contributed by atoms with van der Waals surface area (Å²) in [6, 6.07) is 6.56. The van der Waals surface area contributed by atoms with Crippen LogP contribution in [0.4, 0.5) is 11.4 Å². The molecule has 0 fully saturated rings. The lowest BCUT2D eigenvalue weighted by Gasteiger charge is -2.32. The summed E-state index contributed by atoms with van der Waals surface area (Å²) in [5.74, 6) is 0.357. The fourth-order valence-electron chi connectivity index (χ4n) is 4.56. The molecule has 0 radical (unpaired) electrons. The van der Waals surface area contributed by atoms with Crippen LogP contribution in [0.15, 0.2) is 47.4 Å². The number of nitrogens with zero attached hydrogens (tertiary/aromatic N) is 5. The third kappa shape index (κ3) is 2.88. The third-order valence-electron chi connectivity index (χ3n) is 6.89. The first kappa shape index (κ1) is 19.8. The van der Waals surface area contributed by atoms with Gasteiger partial charge in [-0.25, -0.2) is 4.98 Å². The molecule has 0 spiro atoms. The normalized spacial score (nSPS) is 21.2. The number of hydrogen-bond donors (Lipinski definition) is 0. The zero-order valence-corrected chi connectivity index (χ0v) is 19.4. The Morgan fingerprint density at radius 3 is 2.13 bits per heavy atom. The Morgan fingerprint density at radius 1 is 0.903 bits per heavy atom. The zero-order chi connectivity index (χ0) is 22.0. The molecule has 2 aliphatic rings. The fourth-order valence-corrected chi connectivity index (χ4v) is 4.56. The number of rotatable bonds is 3. The van der Waals surface area contributed by atoms with Gasteiger partial charge in [-0.15, -0.1) is 0 Å². The molecule has 2 atom stereocenters. The first-order chi connectivity index (χ1) is 14.8. The molecule has 0 saturated heterocycles. The van der Waals surface area contributed by atoms with Gasteiger partial charge in [0.25, 0.3) is 0 Å². The second kappa shape index (κ2) is 6.94. The summed E-state index contributed by atoms with van der Waals surface area (Å²) in [7, 11) is 4.22. The van der Waals surface area contributed by atoms with Gasteiger partial charge in [0.2, 0.25) is 5.71 Å².